The molecule has 0 atom stereocenters. The van der Waals surface area contributed by atoms with E-state index in [9.17, 15) is 0 Å². The highest BCUT2D eigenvalue weighted by Crippen LogP contribution is 2.55. The van der Waals surface area contributed by atoms with Crippen LogP contribution in [-0.2, 0) is 5.41 Å². The molecule has 42 heavy (non-hydrogen) atoms. The quantitative estimate of drug-likeness (QED) is 0.214. The standard InChI is InChI=1S/C41H28O/c1-41(2)35-24-28(29-17-10-18-36-38(29)33-22-20-27-14-7-9-16-31(27)40(33)42-36)23-34(25-11-4-3-5-12-25)37(35)32-21-19-26-13-6-8-15-30(26)39(32)41/h3-24H,1-2H3. The third-order valence-corrected chi connectivity index (χ3v) is 9.42. The predicted molar refractivity (Wildman–Crippen MR) is 177 cm³/mol. The van der Waals surface area contributed by atoms with Crippen molar-refractivity contribution in [1.29, 1.82) is 0 Å². The first-order valence-electron chi connectivity index (χ1n) is 14.7. The fraction of sp³-hybridized carbons (Fsp3) is 0.0732. The summed E-state index contributed by atoms with van der Waals surface area (Å²) in [5.74, 6) is 0. The fourth-order valence-corrected chi connectivity index (χ4v) is 7.51. The van der Waals surface area contributed by atoms with Gasteiger partial charge in [0.05, 0.1) is 0 Å². The van der Waals surface area contributed by atoms with Gasteiger partial charge in [0.1, 0.15) is 11.2 Å². The first-order valence-corrected chi connectivity index (χ1v) is 14.7. The van der Waals surface area contributed by atoms with Crippen molar-refractivity contribution in [3.05, 3.63) is 145 Å². The minimum absolute atomic E-state index is 0.159. The minimum Gasteiger partial charge on any atom is -0.455 e. The zero-order valence-electron chi connectivity index (χ0n) is 23.6. The van der Waals surface area contributed by atoms with E-state index in [1.54, 1.807) is 0 Å². The van der Waals surface area contributed by atoms with Gasteiger partial charge in [0, 0.05) is 21.6 Å². The molecule has 0 saturated heterocycles. The number of fused-ring (bicyclic) bond motifs is 10. The lowest BCUT2D eigenvalue weighted by molar-refractivity contribution is 0.666. The van der Waals surface area contributed by atoms with E-state index in [1.165, 1.54) is 66.1 Å². The van der Waals surface area contributed by atoms with Crippen molar-refractivity contribution in [2.45, 2.75) is 19.3 Å². The lowest BCUT2D eigenvalue weighted by atomic mass is 9.79. The molecule has 9 rings (SSSR count). The Bertz CT molecular complexity index is 2370. The summed E-state index contributed by atoms with van der Waals surface area (Å²) >= 11 is 0. The summed E-state index contributed by atoms with van der Waals surface area (Å²) in [7, 11) is 0. The molecule has 0 spiro atoms. The van der Waals surface area contributed by atoms with Crippen LogP contribution in [0.25, 0.3) is 76.9 Å². The Balaban J connectivity index is 1.39. The molecule has 1 aliphatic carbocycles. The van der Waals surface area contributed by atoms with Crippen molar-refractivity contribution < 1.29 is 4.42 Å². The zero-order chi connectivity index (χ0) is 28.0. The van der Waals surface area contributed by atoms with Gasteiger partial charge in [0.2, 0.25) is 0 Å². The second kappa shape index (κ2) is 8.44. The van der Waals surface area contributed by atoms with Crippen LogP contribution in [0.1, 0.15) is 25.0 Å². The molecule has 0 bridgehead atoms. The van der Waals surface area contributed by atoms with Crippen molar-refractivity contribution in [2.24, 2.45) is 0 Å². The maximum Gasteiger partial charge on any atom is 0.143 e. The summed E-state index contributed by atoms with van der Waals surface area (Å²) < 4.78 is 6.58. The summed E-state index contributed by atoms with van der Waals surface area (Å²) in [6, 6.07) is 48.6. The molecule has 0 aliphatic heterocycles. The molecule has 1 aromatic heterocycles. The third-order valence-electron chi connectivity index (χ3n) is 9.42. The number of furan rings is 1. The van der Waals surface area contributed by atoms with Crippen molar-refractivity contribution in [3.8, 4) is 33.4 Å². The third kappa shape index (κ3) is 3.14. The molecule has 0 fully saturated rings. The Morgan fingerprint density at radius 1 is 0.500 bits per heavy atom. The lowest BCUT2D eigenvalue weighted by Crippen LogP contribution is -2.15. The van der Waals surface area contributed by atoms with Crippen LogP contribution in [0.3, 0.4) is 0 Å². The lowest BCUT2D eigenvalue weighted by Gasteiger charge is -2.24. The largest absolute Gasteiger partial charge is 0.455 e. The molecule has 0 radical (unpaired) electrons. The van der Waals surface area contributed by atoms with E-state index in [0.717, 1.165) is 21.9 Å². The Morgan fingerprint density at radius 3 is 2.05 bits per heavy atom. The van der Waals surface area contributed by atoms with Gasteiger partial charge in [-0.05, 0) is 84.9 Å². The highest BCUT2D eigenvalue weighted by atomic mass is 16.3. The van der Waals surface area contributed by atoms with Gasteiger partial charge in [-0.2, -0.15) is 0 Å². The topological polar surface area (TPSA) is 13.1 Å². The summed E-state index contributed by atoms with van der Waals surface area (Å²) in [4.78, 5) is 0. The number of benzene rings is 7. The van der Waals surface area contributed by atoms with Gasteiger partial charge in [-0.3, -0.25) is 0 Å². The van der Waals surface area contributed by atoms with Crippen LogP contribution >= 0.6 is 0 Å². The van der Waals surface area contributed by atoms with Crippen LogP contribution in [0.2, 0.25) is 0 Å². The van der Waals surface area contributed by atoms with Crippen LogP contribution in [0.5, 0.6) is 0 Å². The first kappa shape index (κ1) is 23.6. The Hall–Kier alpha value is -5.14. The second-order valence-electron chi connectivity index (χ2n) is 12.1. The summed E-state index contributed by atoms with van der Waals surface area (Å²) in [5.41, 5.74) is 12.2. The molecule has 198 valence electrons. The van der Waals surface area contributed by atoms with Crippen molar-refractivity contribution in [1.82, 2.24) is 0 Å². The molecule has 1 nitrogen and oxygen atoms in total. The van der Waals surface area contributed by atoms with Gasteiger partial charge in [-0.1, -0.05) is 123 Å². The predicted octanol–water partition coefficient (Wildman–Crippen LogP) is 11.5. The maximum absolute atomic E-state index is 6.58. The van der Waals surface area contributed by atoms with Crippen LogP contribution < -0.4 is 0 Å². The van der Waals surface area contributed by atoms with Crippen molar-refractivity contribution in [2.75, 3.05) is 0 Å². The Labute approximate surface area is 244 Å². The van der Waals surface area contributed by atoms with Crippen molar-refractivity contribution >= 4 is 43.5 Å². The van der Waals surface area contributed by atoms with E-state index in [4.69, 9.17) is 4.42 Å². The molecule has 0 amide bonds. The molecule has 0 N–H and O–H groups in total. The van der Waals surface area contributed by atoms with Crippen LogP contribution in [0, 0.1) is 0 Å². The van der Waals surface area contributed by atoms with Crippen molar-refractivity contribution in [3.63, 3.8) is 0 Å². The number of rotatable bonds is 2. The minimum atomic E-state index is -0.159. The molecule has 0 unspecified atom stereocenters. The Morgan fingerprint density at radius 2 is 1.21 bits per heavy atom. The number of hydrogen-bond acceptors (Lipinski definition) is 1. The fourth-order valence-electron chi connectivity index (χ4n) is 7.51. The average Bonchev–Trinajstić information content (AvgIpc) is 3.54. The SMILES string of the molecule is CC1(C)c2cc(-c3cccc4oc5c6ccccc6ccc5c34)cc(-c3ccccc3)c2-c2ccc3ccccc3c21. The first-order chi connectivity index (χ1) is 20.6. The smallest absolute Gasteiger partial charge is 0.143 e. The molecule has 7 aromatic carbocycles. The van der Waals surface area contributed by atoms with E-state index in [1.807, 2.05) is 0 Å². The molecular weight excluding hydrogens is 508 g/mol. The normalized spacial score (nSPS) is 13.7. The van der Waals surface area contributed by atoms with Gasteiger partial charge in [0.15, 0.2) is 0 Å². The monoisotopic (exact) mass is 536 g/mol. The Kier molecular flexibility index (Phi) is 4.73. The van der Waals surface area contributed by atoms with Gasteiger partial charge in [0.25, 0.3) is 0 Å². The van der Waals surface area contributed by atoms with E-state index in [2.05, 4.69) is 147 Å². The maximum atomic E-state index is 6.58. The van der Waals surface area contributed by atoms with Crippen LogP contribution in [0.4, 0.5) is 0 Å². The van der Waals surface area contributed by atoms with E-state index in [-0.39, 0.29) is 5.41 Å². The second-order valence-corrected chi connectivity index (χ2v) is 12.1. The molecule has 8 aromatic rings. The summed E-state index contributed by atoms with van der Waals surface area (Å²) in [6.45, 7) is 4.78. The molecule has 1 heteroatoms. The van der Waals surface area contributed by atoms with Gasteiger partial charge < -0.3 is 4.42 Å². The van der Waals surface area contributed by atoms with Gasteiger partial charge >= 0.3 is 0 Å². The highest BCUT2D eigenvalue weighted by Gasteiger charge is 2.39. The molecular formula is C41H28O. The van der Waals surface area contributed by atoms with E-state index >= 15 is 0 Å². The zero-order valence-corrected chi connectivity index (χ0v) is 23.6. The summed E-state index contributed by atoms with van der Waals surface area (Å²) in [6.07, 6.45) is 0. The van der Waals surface area contributed by atoms with E-state index in [0.29, 0.717) is 0 Å². The molecule has 1 aliphatic rings. The number of hydrogen-bond donors (Lipinski definition) is 0. The molecule has 1 heterocycles. The van der Waals surface area contributed by atoms with E-state index < -0.39 is 0 Å². The van der Waals surface area contributed by atoms with Crippen LogP contribution in [0.15, 0.2) is 138 Å². The van der Waals surface area contributed by atoms with Crippen LogP contribution in [-0.4, -0.2) is 0 Å². The van der Waals surface area contributed by atoms with Gasteiger partial charge in [-0.15, -0.1) is 0 Å². The average molecular weight is 537 g/mol. The molecule has 0 saturated carbocycles. The van der Waals surface area contributed by atoms with Gasteiger partial charge in [-0.25, -0.2) is 0 Å². The highest BCUT2D eigenvalue weighted by molar-refractivity contribution is 6.19. The summed E-state index contributed by atoms with van der Waals surface area (Å²) in [5, 5.41) is 7.32.